The number of hydrogen-bond acceptors (Lipinski definition) is 1. The maximum atomic E-state index is 11.9. The third kappa shape index (κ3) is 3.08. The average molecular weight is 268 g/mol. The summed E-state index contributed by atoms with van der Waals surface area (Å²) in [7, 11) is 0. The number of nitrogens with zero attached hydrogens (tertiary/aromatic N) is 1. The number of benzene rings is 1. The first-order valence-electron chi connectivity index (χ1n) is 5.38. The van der Waals surface area contributed by atoms with E-state index in [4.69, 9.17) is 0 Å². The summed E-state index contributed by atoms with van der Waals surface area (Å²) in [4.78, 5) is 14.3. The van der Waals surface area contributed by atoms with E-state index < -0.39 is 0 Å². The van der Waals surface area contributed by atoms with E-state index in [0.29, 0.717) is 4.81 Å². The van der Waals surface area contributed by atoms with Crippen LogP contribution >= 0.6 is 0 Å². The first-order valence-corrected chi connectivity index (χ1v) is 7.09. The molecule has 1 aliphatic heterocycles. The van der Waals surface area contributed by atoms with Crippen molar-refractivity contribution in [2.45, 2.75) is 19.3 Å². The molecule has 1 heterocycles. The number of likely N-dealkylation sites (tertiary alicyclic amines) is 1. The zero-order chi connectivity index (χ0) is 10.5. The van der Waals surface area contributed by atoms with Crippen molar-refractivity contribution in [2.75, 3.05) is 13.1 Å². The van der Waals surface area contributed by atoms with Crippen LogP contribution in [0.3, 0.4) is 0 Å². The van der Waals surface area contributed by atoms with E-state index in [9.17, 15) is 4.79 Å². The molecule has 2 nitrogen and oxygen atoms in total. The molecule has 1 aromatic rings. The van der Waals surface area contributed by atoms with Crippen LogP contribution in [0.4, 0.5) is 4.79 Å². The quantitative estimate of drug-likeness (QED) is 0.746. The standard InChI is InChI=1S/C12H15NOSe/c14-12(13-9-5-2-6-10-13)15-11-7-3-1-4-8-11/h1,3-4,7-8H,2,5-6,9-10H2. The third-order valence-electron chi connectivity index (χ3n) is 2.56. The third-order valence-corrected chi connectivity index (χ3v) is 4.54. The molecule has 0 aliphatic carbocycles. The fourth-order valence-electron chi connectivity index (χ4n) is 1.73. The number of amides is 1. The van der Waals surface area contributed by atoms with Crippen LogP contribution in [-0.4, -0.2) is 37.8 Å². The topological polar surface area (TPSA) is 20.3 Å². The Labute approximate surface area is 96.8 Å². The van der Waals surface area contributed by atoms with Gasteiger partial charge in [-0.15, -0.1) is 0 Å². The zero-order valence-electron chi connectivity index (χ0n) is 8.69. The summed E-state index contributed by atoms with van der Waals surface area (Å²) in [5.74, 6) is 0. The predicted molar refractivity (Wildman–Crippen MR) is 62.7 cm³/mol. The molecule has 2 rings (SSSR count). The fourth-order valence-corrected chi connectivity index (χ4v) is 3.42. The van der Waals surface area contributed by atoms with E-state index in [0.717, 1.165) is 13.1 Å². The van der Waals surface area contributed by atoms with Gasteiger partial charge in [-0.05, 0) is 0 Å². The zero-order valence-corrected chi connectivity index (χ0v) is 10.4. The van der Waals surface area contributed by atoms with Gasteiger partial charge in [0.05, 0.1) is 0 Å². The molecule has 0 N–H and O–H groups in total. The van der Waals surface area contributed by atoms with E-state index in [2.05, 4.69) is 0 Å². The number of carbonyl (C=O) groups excluding carboxylic acids is 1. The second-order valence-corrected chi connectivity index (χ2v) is 5.88. The van der Waals surface area contributed by atoms with Gasteiger partial charge in [0.2, 0.25) is 0 Å². The van der Waals surface area contributed by atoms with Crippen LogP contribution in [-0.2, 0) is 0 Å². The van der Waals surface area contributed by atoms with E-state index in [1.165, 1.54) is 23.7 Å². The van der Waals surface area contributed by atoms with Crippen LogP contribution in [0.5, 0.6) is 0 Å². The molecule has 1 aromatic carbocycles. The second-order valence-electron chi connectivity index (χ2n) is 3.73. The van der Waals surface area contributed by atoms with Gasteiger partial charge >= 0.3 is 96.6 Å². The first kappa shape index (κ1) is 10.7. The van der Waals surface area contributed by atoms with Crippen LogP contribution in [0.25, 0.3) is 0 Å². The minimum absolute atomic E-state index is 0.0292. The molecule has 1 aliphatic rings. The SMILES string of the molecule is O=C([Se]c1ccccc1)N1CCCCC1. The van der Waals surface area contributed by atoms with Crippen molar-refractivity contribution in [1.29, 1.82) is 0 Å². The Morgan fingerprint density at radius 1 is 1.07 bits per heavy atom. The molecule has 1 fully saturated rings. The average Bonchev–Trinajstić information content (AvgIpc) is 2.31. The van der Waals surface area contributed by atoms with Gasteiger partial charge in [0.25, 0.3) is 0 Å². The number of rotatable bonds is 2. The van der Waals surface area contributed by atoms with Gasteiger partial charge in [0.1, 0.15) is 0 Å². The van der Waals surface area contributed by atoms with E-state index >= 15 is 0 Å². The van der Waals surface area contributed by atoms with Crippen LogP contribution < -0.4 is 4.46 Å². The van der Waals surface area contributed by atoms with Crippen molar-refractivity contribution in [1.82, 2.24) is 4.90 Å². The molecule has 3 heteroatoms. The molecule has 0 saturated carbocycles. The van der Waals surface area contributed by atoms with Crippen molar-refractivity contribution in [2.24, 2.45) is 0 Å². The molecular formula is C12H15NOSe. The Balaban J connectivity index is 1.91. The van der Waals surface area contributed by atoms with Crippen molar-refractivity contribution < 1.29 is 4.79 Å². The van der Waals surface area contributed by atoms with Gasteiger partial charge in [-0.25, -0.2) is 0 Å². The molecule has 1 saturated heterocycles. The van der Waals surface area contributed by atoms with Crippen molar-refractivity contribution in [3.8, 4) is 0 Å². The molecule has 0 atom stereocenters. The normalized spacial score (nSPS) is 16.4. The Bertz CT molecular complexity index is 320. The molecule has 0 unspecified atom stereocenters. The van der Waals surface area contributed by atoms with Gasteiger partial charge in [0.15, 0.2) is 0 Å². The summed E-state index contributed by atoms with van der Waals surface area (Å²) in [5.41, 5.74) is 0. The van der Waals surface area contributed by atoms with Crippen molar-refractivity contribution in [3.63, 3.8) is 0 Å². The molecule has 1 amide bonds. The summed E-state index contributed by atoms with van der Waals surface area (Å²) < 4.78 is 1.18. The van der Waals surface area contributed by atoms with Crippen molar-refractivity contribution in [3.05, 3.63) is 30.3 Å². The van der Waals surface area contributed by atoms with Gasteiger partial charge in [-0.3, -0.25) is 0 Å². The van der Waals surface area contributed by atoms with Crippen LogP contribution in [0, 0.1) is 0 Å². The van der Waals surface area contributed by atoms with Crippen LogP contribution in [0.2, 0.25) is 0 Å². The van der Waals surface area contributed by atoms with E-state index in [1.54, 1.807) is 0 Å². The summed E-state index contributed by atoms with van der Waals surface area (Å²) >= 11 is -0.0292. The Morgan fingerprint density at radius 3 is 2.40 bits per heavy atom. The molecule has 0 aromatic heterocycles. The molecule has 80 valence electrons. The number of carbonyl (C=O) groups is 1. The second kappa shape index (κ2) is 5.34. The minimum atomic E-state index is -0.0292. The summed E-state index contributed by atoms with van der Waals surface area (Å²) in [6, 6.07) is 10.1. The molecular weight excluding hydrogens is 253 g/mol. The van der Waals surface area contributed by atoms with Crippen molar-refractivity contribution >= 4 is 24.2 Å². The maximum absolute atomic E-state index is 11.9. The summed E-state index contributed by atoms with van der Waals surface area (Å²) in [5, 5.41) is 0. The predicted octanol–water partition coefficient (Wildman–Crippen LogP) is 1.62. The van der Waals surface area contributed by atoms with Gasteiger partial charge in [-0.1, -0.05) is 0 Å². The van der Waals surface area contributed by atoms with Crippen LogP contribution in [0.1, 0.15) is 19.3 Å². The monoisotopic (exact) mass is 269 g/mol. The molecule has 0 radical (unpaired) electrons. The first-order chi connectivity index (χ1) is 7.36. The molecule has 0 bridgehead atoms. The number of piperidine rings is 1. The molecule has 15 heavy (non-hydrogen) atoms. The van der Waals surface area contributed by atoms with Gasteiger partial charge in [0, 0.05) is 0 Å². The van der Waals surface area contributed by atoms with Gasteiger partial charge in [-0.2, -0.15) is 0 Å². The number of hydrogen-bond donors (Lipinski definition) is 0. The van der Waals surface area contributed by atoms with Crippen LogP contribution in [0.15, 0.2) is 30.3 Å². The summed E-state index contributed by atoms with van der Waals surface area (Å²) in [6.45, 7) is 1.93. The summed E-state index contributed by atoms with van der Waals surface area (Å²) in [6.07, 6.45) is 3.63. The Hall–Kier alpha value is -0.791. The van der Waals surface area contributed by atoms with Gasteiger partial charge < -0.3 is 0 Å². The van der Waals surface area contributed by atoms with E-state index in [1.807, 2.05) is 35.2 Å². The Morgan fingerprint density at radius 2 is 1.73 bits per heavy atom. The fraction of sp³-hybridized carbons (Fsp3) is 0.417. The van der Waals surface area contributed by atoms with E-state index in [-0.39, 0.29) is 15.0 Å². The molecule has 0 spiro atoms. The Kier molecular flexibility index (Phi) is 3.81.